The Morgan fingerprint density at radius 1 is 1.22 bits per heavy atom. The van der Waals surface area contributed by atoms with E-state index in [0.717, 1.165) is 0 Å². The number of ether oxygens (including phenoxy) is 2. The van der Waals surface area contributed by atoms with Crippen LogP contribution in [0.15, 0.2) is 24.3 Å². The standard InChI is InChI=1S/C21H27FN6O4/c1-21(2,3)32-20(30)28-10-4-5-13(11-28)17(29)31-12-16-25-18(23)27-19(26-16)24-15-8-6-14(22)7-9-15/h6-9,13H,4-5,10-12H2,1-3H3,(H3,23,24,25,26,27). The number of halogens is 1. The minimum absolute atomic E-state index is 0.0515. The number of hydrogen-bond acceptors (Lipinski definition) is 9. The summed E-state index contributed by atoms with van der Waals surface area (Å²) in [5.41, 5.74) is 5.68. The molecule has 1 aliphatic heterocycles. The molecular weight excluding hydrogens is 419 g/mol. The first-order valence-electron chi connectivity index (χ1n) is 10.3. The lowest BCUT2D eigenvalue weighted by Gasteiger charge is -2.33. The van der Waals surface area contributed by atoms with Gasteiger partial charge in [0.1, 0.15) is 11.4 Å². The molecule has 0 aliphatic carbocycles. The number of esters is 1. The van der Waals surface area contributed by atoms with Crippen LogP contribution in [0.25, 0.3) is 0 Å². The van der Waals surface area contributed by atoms with Gasteiger partial charge in [0.2, 0.25) is 11.9 Å². The number of piperidine rings is 1. The molecule has 1 aliphatic rings. The van der Waals surface area contributed by atoms with E-state index in [2.05, 4.69) is 20.3 Å². The molecule has 3 N–H and O–H groups in total. The van der Waals surface area contributed by atoms with Crippen LogP contribution >= 0.6 is 0 Å². The molecule has 1 unspecified atom stereocenters. The second-order valence-corrected chi connectivity index (χ2v) is 8.44. The molecule has 0 spiro atoms. The van der Waals surface area contributed by atoms with Gasteiger partial charge in [-0.1, -0.05) is 0 Å². The van der Waals surface area contributed by atoms with Gasteiger partial charge in [0.15, 0.2) is 12.4 Å². The Morgan fingerprint density at radius 3 is 2.62 bits per heavy atom. The fourth-order valence-corrected chi connectivity index (χ4v) is 3.14. The first-order valence-corrected chi connectivity index (χ1v) is 10.3. The predicted octanol–water partition coefficient (Wildman–Crippen LogP) is 3.03. The second kappa shape index (κ2) is 9.75. The first-order chi connectivity index (χ1) is 15.1. The lowest BCUT2D eigenvalue weighted by molar-refractivity contribution is -0.151. The number of nitrogens with two attached hydrogens (primary N) is 1. The van der Waals surface area contributed by atoms with Crippen molar-refractivity contribution >= 4 is 29.6 Å². The van der Waals surface area contributed by atoms with Crippen molar-refractivity contribution < 1.29 is 23.5 Å². The Hall–Kier alpha value is -3.50. The van der Waals surface area contributed by atoms with Gasteiger partial charge in [0, 0.05) is 18.8 Å². The van der Waals surface area contributed by atoms with Crippen molar-refractivity contribution in [2.45, 2.75) is 45.8 Å². The van der Waals surface area contributed by atoms with E-state index in [1.807, 2.05) is 0 Å². The molecule has 32 heavy (non-hydrogen) atoms. The van der Waals surface area contributed by atoms with E-state index in [4.69, 9.17) is 15.2 Å². The molecule has 2 heterocycles. The summed E-state index contributed by atoms with van der Waals surface area (Å²) < 4.78 is 23.8. The monoisotopic (exact) mass is 446 g/mol. The largest absolute Gasteiger partial charge is 0.457 e. The Balaban J connectivity index is 1.57. The highest BCUT2D eigenvalue weighted by Crippen LogP contribution is 2.21. The van der Waals surface area contributed by atoms with E-state index < -0.39 is 23.6 Å². The van der Waals surface area contributed by atoms with Crippen molar-refractivity contribution in [3.8, 4) is 0 Å². The molecule has 1 aromatic heterocycles. The molecule has 0 bridgehead atoms. The molecule has 1 fully saturated rings. The number of anilines is 3. The van der Waals surface area contributed by atoms with Gasteiger partial charge in [0.25, 0.3) is 0 Å². The Morgan fingerprint density at radius 2 is 1.94 bits per heavy atom. The van der Waals surface area contributed by atoms with Crippen LogP contribution in [0.5, 0.6) is 0 Å². The van der Waals surface area contributed by atoms with Gasteiger partial charge in [-0.3, -0.25) is 4.79 Å². The molecule has 0 saturated carbocycles. The van der Waals surface area contributed by atoms with Crippen LogP contribution < -0.4 is 11.1 Å². The van der Waals surface area contributed by atoms with E-state index in [-0.39, 0.29) is 36.7 Å². The quantitative estimate of drug-likeness (QED) is 0.665. The molecule has 1 atom stereocenters. The van der Waals surface area contributed by atoms with Gasteiger partial charge in [-0.2, -0.15) is 15.0 Å². The van der Waals surface area contributed by atoms with E-state index in [0.29, 0.717) is 25.1 Å². The number of benzene rings is 1. The van der Waals surface area contributed by atoms with Gasteiger partial charge in [-0.15, -0.1) is 0 Å². The smallest absolute Gasteiger partial charge is 0.410 e. The highest BCUT2D eigenvalue weighted by molar-refractivity contribution is 5.75. The van der Waals surface area contributed by atoms with Gasteiger partial charge in [0.05, 0.1) is 5.92 Å². The summed E-state index contributed by atoms with van der Waals surface area (Å²) in [4.78, 5) is 38.5. The number of carbonyl (C=O) groups is 2. The Labute approximate surface area is 185 Å². The van der Waals surface area contributed by atoms with E-state index in [1.54, 1.807) is 20.8 Å². The van der Waals surface area contributed by atoms with Crippen molar-refractivity contribution in [2.24, 2.45) is 5.92 Å². The molecule has 3 rings (SSSR count). The summed E-state index contributed by atoms with van der Waals surface area (Å²) in [6, 6.07) is 5.63. The Bertz CT molecular complexity index is 964. The van der Waals surface area contributed by atoms with Crippen LogP contribution in [-0.4, -0.2) is 50.6 Å². The van der Waals surface area contributed by atoms with Crippen LogP contribution in [0, 0.1) is 11.7 Å². The SMILES string of the molecule is CC(C)(C)OC(=O)N1CCCC(C(=O)OCc2nc(N)nc(Nc3ccc(F)cc3)n2)C1. The number of hydrogen-bond donors (Lipinski definition) is 2. The van der Waals surface area contributed by atoms with Crippen molar-refractivity contribution in [3.63, 3.8) is 0 Å². The molecule has 0 radical (unpaired) electrons. The maximum atomic E-state index is 13.1. The van der Waals surface area contributed by atoms with Gasteiger partial charge < -0.3 is 25.4 Å². The highest BCUT2D eigenvalue weighted by atomic mass is 19.1. The number of nitrogen functional groups attached to an aromatic ring is 1. The zero-order valence-electron chi connectivity index (χ0n) is 18.3. The zero-order valence-corrected chi connectivity index (χ0v) is 18.3. The normalized spacial score (nSPS) is 16.4. The van der Waals surface area contributed by atoms with Gasteiger partial charge in [-0.05, 0) is 57.9 Å². The van der Waals surface area contributed by atoms with Crippen molar-refractivity contribution in [3.05, 3.63) is 35.9 Å². The zero-order chi connectivity index (χ0) is 23.3. The summed E-state index contributed by atoms with van der Waals surface area (Å²) in [7, 11) is 0. The molecule has 172 valence electrons. The maximum Gasteiger partial charge on any atom is 0.410 e. The number of rotatable bonds is 5. The third kappa shape index (κ3) is 6.76. The van der Waals surface area contributed by atoms with E-state index >= 15 is 0 Å². The summed E-state index contributed by atoms with van der Waals surface area (Å²) in [5, 5.41) is 2.89. The minimum atomic E-state index is -0.608. The average molecular weight is 446 g/mol. The fourth-order valence-electron chi connectivity index (χ4n) is 3.14. The van der Waals surface area contributed by atoms with Crippen LogP contribution in [0.2, 0.25) is 0 Å². The number of nitrogens with zero attached hydrogens (tertiary/aromatic N) is 4. The van der Waals surface area contributed by atoms with Gasteiger partial charge >= 0.3 is 12.1 Å². The van der Waals surface area contributed by atoms with Crippen LogP contribution in [0.1, 0.15) is 39.4 Å². The van der Waals surface area contributed by atoms with Crippen molar-refractivity contribution in [2.75, 3.05) is 24.1 Å². The minimum Gasteiger partial charge on any atom is -0.457 e. The summed E-state index contributed by atoms with van der Waals surface area (Å²) in [6.07, 6.45) is 0.829. The van der Waals surface area contributed by atoms with E-state index in [1.165, 1.54) is 29.2 Å². The number of carbonyl (C=O) groups excluding carboxylic acids is 2. The molecule has 11 heteroatoms. The van der Waals surface area contributed by atoms with Crippen LogP contribution in [-0.2, 0) is 20.9 Å². The predicted molar refractivity (Wildman–Crippen MR) is 114 cm³/mol. The molecule has 1 aromatic carbocycles. The average Bonchev–Trinajstić information content (AvgIpc) is 2.72. The topological polar surface area (TPSA) is 133 Å². The Kier molecular flexibility index (Phi) is 7.06. The molecular formula is C21H27FN6O4. The van der Waals surface area contributed by atoms with Crippen molar-refractivity contribution in [1.82, 2.24) is 19.9 Å². The molecule has 2 aromatic rings. The summed E-state index contributed by atoms with van der Waals surface area (Å²) in [5.74, 6) is -1.03. The molecule has 10 nitrogen and oxygen atoms in total. The fraction of sp³-hybridized carbons (Fsp3) is 0.476. The second-order valence-electron chi connectivity index (χ2n) is 8.44. The number of aromatic nitrogens is 3. The first kappa shape index (κ1) is 23.2. The van der Waals surface area contributed by atoms with Crippen LogP contribution in [0.4, 0.5) is 26.8 Å². The maximum absolute atomic E-state index is 13.1. The molecule has 1 saturated heterocycles. The van der Waals surface area contributed by atoms with Gasteiger partial charge in [-0.25, -0.2) is 9.18 Å². The third-order valence-corrected chi connectivity index (χ3v) is 4.55. The van der Waals surface area contributed by atoms with Crippen LogP contribution in [0.3, 0.4) is 0 Å². The molecule has 1 amide bonds. The number of nitrogens with one attached hydrogen (secondary N) is 1. The lowest BCUT2D eigenvalue weighted by Crippen LogP contribution is -2.45. The lowest BCUT2D eigenvalue weighted by atomic mass is 9.98. The summed E-state index contributed by atoms with van der Waals surface area (Å²) in [6.45, 7) is 5.93. The highest BCUT2D eigenvalue weighted by Gasteiger charge is 2.32. The number of amides is 1. The third-order valence-electron chi connectivity index (χ3n) is 4.55. The van der Waals surface area contributed by atoms with E-state index in [9.17, 15) is 14.0 Å². The summed E-state index contributed by atoms with van der Waals surface area (Å²) >= 11 is 0. The number of likely N-dealkylation sites (tertiary alicyclic amines) is 1. The van der Waals surface area contributed by atoms with Crippen molar-refractivity contribution in [1.29, 1.82) is 0 Å².